The van der Waals surface area contributed by atoms with Crippen molar-refractivity contribution in [2.45, 2.75) is 26.4 Å². The van der Waals surface area contributed by atoms with E-state index in [1.807, 2.05) is 12.5 Å². The molecule has 102 valence electrons. The van der Waals surface area contributed by atoms with Crippen LogP contribution in [0.25, 0.3) is 0 Å². The maximum atomic E-state index is 11.3. The van der Waals surface area contributed by atoms with Crippen LogP contribution in [0.15, 0.2) is 12.5 Å². The van der Waals surface area contributed by atoms with Gasteiger partial charge in [-0.2, -0.15) is 0 Å². The van der Waals surface area contributed by atoms with Crippen molar-refractivity contribution >= 4 is 6.03 Å². The molecule has 0 radical (unpaired) electrons. The van der Waals surface area contributed by atoms with Gasteiger partial charge in [0.15, 0.2) is 0 Å². The standard InChI is InChI=1S/C12H23N5O/c1-10(2)17-9-14-8-11(17)7-13-5-6-15-12(18)16(3)4/h8-10,13H,5-7H2,1-4H3,(H,15,18). The first-order valence-electron chi connectivity index (χ1n) is 6.19. The van der Waals surface area contributed by atoms with Crippen LogP contribution in [0.2, 0.25) is 0 Å². The minimum absolute atomic E-state index is 0.0657. The third kappa shape index (κ3) is 4.37. The lowest BCUT2D eigenvalue weighted by Crippen LogP contribution is -2.38. The first-order chi connectivity index (χ1) is 8.52. The second-order valence-corrected chi connectivity index (χ2v) is 4.69. The van der Waals surface area contributed by atoms with E-state index in [4.69, 9.17) is 0 Å². The van der Waals surface area contributed by atoms with Crippen molar-refractivity contribution in [3.8, 4) is 0 Å². The second-order valence-electron chi connectivity index (χ2n) is 4.69. The van der Waals surface area contributed by atoms with E-state index in [9.17, 15) is 4.79 Å². The third-order valence-corrected chi connectivity index (χ3v) is 2.59. The smallest absolute Gasteiger partial charge is 0.316 e. The van der Waals surface area contributed by atoms with E-state index in [0.717, 1.165) is 18.8 Å². The number of hydrogen-bond acceptors (Lipinski definition) is 3. The molecule has 1 rings (SSSR count). The fraction of sp³-hybridized carbons (Fsp3) is 0.667. The van der Waals surface area contributed by atoms with Gasteiger partial charge < -0.3 is 20.1 Å². The minimum atomic E-state index is -0.0657. The molecule has 0 atom stereocenters. The van der Waals surface area contributed by atoms with Crippen LogP contribution in [-0.4, -0.2) is 47.7 Å². The van der Waals surface area contributed by atoms with Gasteiger partial charge in [-0.3, -0.25) is 0 Å². The normalized spacial score (nSPS) is 10.7. The first-order valence-corrected chi connectivity index (χ1v) is 6.19. The van der Waals surface area contributed by atoms with Crippen LogP contribution in [0.3, 0.4) is 0 Å². The summed E-state index contributed by atoms with van der Waals surface area (Å²) in [6.07, 6.45) is 3.71. The average Bonchev–Trinajstić information content (AvgIpc) is 2.76. The molecular weight excluding hydrogens is 230 g/mol. The molecule has 0 saturated heterocycles. The summed E-state index contributed by atoms with van der Waals surface area (Å²) >= 11 is 0. The summed E-state index contributed by atoms with van der Waals surface area (Å²) in [5.41, 5.74) is 1.16. The number of rotatable bonds is 6. The fourth-order valence-electron chi connectivity index (χ4n) is 1.57. The van der Waals surface area contributed by atoms with Gasteiger partial charge in [0.25, 0.3) is 0 Å². The number of nitrogens with zero attached hydrogens (tertiary/aromatic N) is 3. The van der Waals surface area contributed by atoms with Crippen LogP contribution >= 0.6 is 0 Å². The van der Waals surface area contributed by atoms with Crippen molar-refractivity contribution < 1.29 is 4.79 Å². The van der Waals surface area contributed by atoms with Crippen molar-refractivity contribution in [1.29, 1.82) is 0 Å². The van der Waals surface area contributed by atoms with E-state index in [1.165, 1.54) is 4.90 Å². The van der Waals surface area contributed by atoms with Gasteiger partial charge in [-0.15, -0.1) is 0 Å². The quantitative estimate of drug-likeness (QED) is 0.738. The van der Waals surface area contributed by atoms with Gasteiger partial charge in [-0.25, -0.2) is 9.78 Å². The molecular formula is C12H23N5O. The molecule has 0 saturated carbocycles. The number of urea groups is 1. The molecule has 0 aliphatic heterocycles. The molecule has 1 heterocycles. The predicted octanol–water partition coefficient (Wildman–Crippen LogP) is 0.825. The predicted molar refractivity (Wildman–Crippen MR) is 71.4 cm³/mol. The number of carbonyl (C=O) groups is 1. The van der Waals surface area contributed by atoms with Gasteiger partial charge in [0.2, 0.25) is 0 Å². The van der Waals surface area contributed by atoms with E-state index in [1.54, 1.807) is 14.1 Å². The van der Waals surface area contributed by atoms with Crippen LogP contribution in [0.5, 0.6) is 0 Å². The van der Waals surface area contributed by atoms with Gasteiger partial charge in [0.05, 0.1) is 12.0 Å². The molecule has 0 aliphatic carbocycles. The van der Waals surface area contributed by atoms with Crippen LogP contribution in [0.4, 0.5) is 4.79 Å². The van der Waals surface area contributed by atoms with E-state index >= 15 is 0 Å². The molecule has 0 fully saturated rings. The van der Waals surface area contributed by atoms with Crippen molar-refractivity contribution in [2.75, 3.05) is 27.2 Å². The Hall–Kier alpha value is -1.56. The Morgan fingerprint density at radius 2 is 2.17 bits per heavy atom. The van der Waals surface area contributed by atoms with Crippen LogP contribution in [-0.2, 0) is 6.54 Å². The van der Waals surface area contributed by atoms with E-state index in [0.29, 0.717) is 12.6 Å². The summed E-state index contributed by atoms with van der Waals surface area (Å²) in [6, 6.07) is 0.349. The van der Waals surface area contributed by atoms with Gasteiger partial charge in [-0.1, -0.05) is 0 Å². The monoisotopic (exact) mass is 253 g/mol. The van der Waals surface area contributed by atoms with Gasteiger partial charge in [0.1, 0.15) is 0 Å². The highest BCUT2D eigenvalue weighted by Gasteiger charge is 2.05. The van der Waals surface area contributed by atoms with Crippen molar-refractivity contribution in [1.82, 2.24) is 25.1 Å². The molecule has 1 aromatic heterocycles. The van der Waals surface area contributed by atoms with Crippen molar-refractivity contribution in [3.05, 3.63) is 18.2 Å². The highest BCUT2D eigenvalue weighted by molar-refractivity contribution is 5.73. The Labute approximate surface area is 108 Å². The molecule has 0 aliphatic rings. The lowest BCUT2D eigenvalue weighted by molar-refractivity contribution is 0.217. The fourth-order valence-corrected chi connectivity index (χ4v) is 1.57. The average molecular weight is 253 g/mol. The van der Waals surface area contributed by atoms with Crippen molar-refractivity contribution in [3.63, 3.8) is 0 Å². The summed E-state index contributed by atoms with van der Waals surface area (Å²) in [6.45, 7) is 6.37. The Bertz CT molecular complexity index is 372. The Balaban J connectivity index is 2.22. The Morgan fingerprint density at radius 1 is 1.44 bits per heavy atom. The SMILES string of the molecule is CC(C)n1cncc1CNCCNC(=O)N(C)C. The largest absolute Gasteiger partial charge is 0.337 e. The van der Waals surface area contributed by atoms with Gasteiger partial charge in [-0.05, 0) is 13.8 Å². The molecule has 0 bridgehead atoms. The first kappa shape index (κ1) is 14.5. The molecule has 6 heteroatoms. The number of carbonyl (C=O) groups excluding carboxylic acids is 1. The second kappa shape index (κ2) is 7.00. The number of hydrogen-bond donors (Lipinski definition) is 2. The lowest BCUT2D eigenvalue weighted by Gasteiger charge is -2.14. The number of aromatic nitrogens is 2. The zero-order valence-corrected chi connectivity index (χ0v) is 11.6. The summed E-state index contributed by atoms with van der Waals surface area (Å²) in [5, 5.41) is 6.08. The van der Waals surface area contributed by atoms with E-state index < -0.39 is 0 Å². The highest BCUT2D eigenvalue weighted by Crippen LogP contribution is 2.07. The molecule has 6 nitrogen and oxygen atoms in total. The zero-order valence-electron chi connectivity index (χ0n) is 11.6. The molecule has 0 aromatic carbocycles. The zero-order chi connectivity index (χ0) is 13.5. The minimum Gasteiger partial charge on any atom is -0.337 e. The molecule has 2 N–H and O–H groups in total. The highest BCUT2D eigenvalue weighted by atomic mass is 16.2. The molecule has 1 aromatic rings. The number of amides is 2. The maximum Gasteiger partial charge on any atom is 0.316 e. The van der Waals surface area contributed by atoms with Crippen LogP contribution in [0, 0.1) is 0 Å². The van der Waals surface area contributed by atoms with Gasteiger partial charge in [0, 0.05) is 46.0 Å². The summed E-state index contributed by atoms with van der Waals surface area (Å²) in [5.74, 6) is 0. The van der Waals surface area contributed by atoms with E-state index in [-0.39, 0.29) is 6.03 Å². The maximum absolute atomic E-state index is 11.3. The molecule has 2 amide bonds. The van der Waals surface area contributed by atoms with Gasteiger partial charge >= 0.3 is 6.03 Å². The summed E-state index contributed by atoms with van der Waals surface area (Å²) in [7, 11) is 3.45. The lowest BCUT2D eigenvalue weighted by atomic mass is 10.3. The summed E-state index contributed by atoms with van der Waals surface area (Å²) < 4.78 is 2.13. The Kier molecular flexibility index (Phi) is 5.64. The van der Waals surface area contributed by atoms with Crippen LogP contribution in [0.1, 0.15) is 25.6 Å². The number of nitrogens with one attached hydrogen (secondary N) is 2. The molecule has 0 spiro atoms. The molecule has 0 unspecified atom stereocenters. The number of imidazole rings is 1. The van der Waals surface area contributed by atoms with Crippen molar-refractivity contribution in [2.24, 2.45) is 0 Å². The molecule has 18 heavy (non-hydrogen) atoms. The topological polar surface area (TPSA) is 62.2 Å². The van der Waals surface area contributed by atoms with E-state index in [2.05, 4.69) is 34.0 Å². The summed E-state index contributed by atoms with van der Waals surface area (Å²) in [4.78, 5) is 16.9. The third-order valence-electron chi connectivity index (χ3n) is 2.59. The Morgan fingerprint density at radius 3 is 2.78 bits per heavy atom. The van der Waals surface area contributed by atoms with Crippen LogP contribution < -0.4 is 10.6 Å².